The van der Waals surface area contributed by atoms with Crippen molar-refractivity contribution in [3.05, 3.63) is 57.9 Å². The number of benzene rings is 1. The Balaban J connectivity index is 2.09. The Bertz CT molecular complexity index is 860. The van der Waals surface area contributed by atoms with E-state index < -0.39 is 4.92 Å². The van der Waals surface area contributed by atoms with Gasteiger partial charge in [0.25, 0.3) is 0 Å². The highest BCUT2D eigenvalue weighted by molar-refractivity contribution is 6.30. The molecule has 1 aromatic carbocycles. The predicted octanol–water partition coefficient (Wildman–Crippen LogP) is 3.96. The van der Waals surface area contributed by atoms with Crippen LogP contribution in [0.15, 0.2) is 42.7 Å². The number of pyridine rings is 1. The first-order valence-corrected chi connectivity index (χ1v) is 7.02. The summed E-state index contributed by atoms with van der Waals surface area (Å²) in [6.45, 7) is 2.15. The number of nitrogens with zero attached hydrogens (tertiary/aromatic N) is 3. The highest BCUT2D eigenvalue weighted by atomic mass is 35.5. The molecule has 0 spiro atoms. The Morgan fingerprint density at radius 3 is 2.86 bits per heavy atom. The number of fused-ring (bicyclic) bond motifs is 1. The van der Waals surface area contributed by atoms with E-state index in [1.54, 1.807) is 48.0 Å². The van der Waals surface area contributed by atoms with E-state index in [-0.39, 0.29) is 11.4 Å². The topological polar surface area (TPSA) is 69.7 Å². The minimum atomic E-state index is -0.457. The molecule has 0 radical (unpaired) electrons. The third kappa shape index (κ3) is 2.60. The van der Waals surface area contributed by atoms with E-state index in [1.807, 2.05) is 0 Å². The van der Waals surface area contributed by atoms with Gasteiger partial charge >= 0.3 is 5.69 Å². The van der Waals surface area contributed by atoms with Crippen LogP contribution < -0.4 is 4.74 Å². The van der Waals surface area contributed by atoms with Gasteiger partial charge in [0, 0.05) is 24.0 Å². The highest BCUT2D eigenvalue weighted by Gasteiger charge is 2.17. The number of imidazole rings is 1. The monoisotopic (exact) mass is 317 g/mol. The van der Waals surface area contributed by atoms with Gasteiger partial charge in [-0.05, 0) is 31.2 Å². The van der Waals surface area contributed by atoms with Crippen LogP contribution in [-0.4, -0.2) is 20.9 Å². The van der Waals surface area contributed by atoms with Crippen LogP contribution in [0.4, 0.5) is 5.69 Å². The van der Waals surface area contributed by atoms with Crippen molar-refractivity contribution in [1.29, 1.82) is 0 Å². The van der Waals surface area contributed by atoms with Crippen LogP contribution in [0.3, 0.4) is 0 Å². The van der Waals surface area contributed by atoms with Crippen LogP contribution in [-0.2, 0) is 0 Å². The zero-order chi connectivity index (χ0) is 15.7. The fraction of sp³-hybridized carbons (Fsp3) is 0.133. The Morgan fingerprint density at radius 2 is 2.14 bits per heavy atom. The van der Waals surface area contributed by atoms with Crippen LogP contribution in [0.1, 0.15) is 6.92 Å². The van der Waals surface area contributed by atoms with Gasteiger partial charge in [-0.3, -0.25) is 10.1 Å². The average Bonchev–Trinajstić information content (AvgIpc) is 2.90. The molecule has 0 atom stereocenters. The molecule has 0 saturated heterocycles. The van der Waals surface area contributed by atoms with E-state index in [2.05, 4.69) is 4.98 Å². The van der Waals surface area contributed by atoms with Crippen LogP contribution in [0.2, 0.25) is 5.02 Å². The molecular formula is C15H12ClN3O3. The maximum absolute atomic E-state index is 11.2. The van der Waals surface area contributed by atoms with E-state index in [4.69, 9.17) is 16.3 Å². The molecule has 6 nitrogen and oxygen atoms in total. The summed E-state index contributed by atoms with van der Waals surface area (Å²) in [5, 5.41) is 11.8. The third-order valence-corrected chi connectivity index (χ3v) is 3.39. The first kappa shape index (κ1) is 14.3. The van der Waals surface area contributed by atoms with Gasteiger partial charge in [0.1, 0.15) is 5.65 Å². The van der Waals surface area contributed by atoms with Gasteiger partial charge in [0.2, 0.25) is 0 Å². The Kier molecular flexibility index (Phi) is 3.68. The molecule has 3 aromatic rings. The second-order valence-corrected chi connectivity index (χ2v) is 5.05. The number of hydrogen-bond donors (Lipinski definition) is 0. The Morgan fingerprint density at radius 1 is 1.32 bits per heavy atom. The largest absolute Gasteiger partial charge is 0.487 e. The summed E-state index contributed by atoms with van der Waals surface area (Å²) < 4.78 is 7.06. The molecule has 0 amide bonds. The van der Waals surface area contributed by atoms with Crippen molar-refractivity contribution < 1.29 is 9.66 Å². The maximum Gasteiger partial charge on any atom is 0.311 e. The summed E-state index contributed by atoms with van der Waals surface area (Å²) >= 11 is 5.94. The number of nitro groups is 1. The molecule has 2 aromatic heterocycles. The lowest BCUT2D eigenvalue weighted by Gasteiger charge is -2.05. The van der Waals surface area contributed by atoms with E-state index in [0.29, 0.717) is 22.9 Å². The number of nitro benzene ring substituents is 1. The fourth-order valence-corrected chi connectivity index (χ4v) is 2.37. The summed E-state index contributed by atoms with van der Waals surface area (Å²) in [4.78, 5) is 15.2. The molecule has 0 aliphatic heterocycles. The lowest BCUT2D eigenvalue weighted by atomic mass is 10.1. The van der Waals surface area contributed by atoms with Gasteiger partial charge in [-0.1, -0.05) is 11.6 Å². The molecule has 0 N–H and O–H groups in total. The molecule has 0 bridgehead atoms. The highest BCUT2D eigenvalue weighted by Crippen LogP contribution is 2.32. The summed E-state index contributed by atoms with van der Waals surface area (Å²) in [5.41, 5.74) is 1.92. The summed E-state index contributed by atoms with van der Waals surface area (Å²) in [6.07, 6.45) is 3.51. The number of aromatic nitrogens is 2. The molecule has 0 saturated carbocycles. The minimum absolute atomic E-state index is 0.0746. The predicted molar refractivity (Wildman–Crippen MR) is 83.5 cm³/mol. The summed E-state index contributed by atoms with van der Waals surface area (Å²) in [7, 11) is 0. The van der Waals surface area contributed by atoms with Gasteiger partial charge in [0.05, 0.1) is 22.2 Å². The standard InChI is InChI=1S/C15H12ClN3O3/c1-2-22-14-5-3-10(7-13(14)19(20)21)12-9-18-8-11(16)4-6-15(18)17-12/h3-9H,2H2,1H3. The second kappa shape index (κ2) is 5.65. The fourth-order valence-electron chi connectivity index (χ4n) is 2.20. The SMILES string of the molecule is CCOc1ccc(-c2cn3cc(Cl)ccc3n2)cc1[N+](=O)[O-]. The Hall–Kier alpha value is -2.60. The quantitative estimate of drug-likeness (QED) is 0.539. The third-order valence-electron chi connectivity index (χ3n) is 3.17. The van der Waals surface area contributed by atoms with Crippen molar-refractivity contribution in [1.82, 2.24) is 9.38 Å². The Labute approximate surface area is 131 Å². The second-order valence-electron chi connectivity index (χ2n) is 4.61. The van der Waals surface area contributed by atoms with Crippen LogP contribution in [0.25, 0.3) is 16.9 Å². The van der Waals surface area contributed by atoms with Crippen molar-refractivity contribution >= 4 is 22.9 Å². The molecule has 7 heteroatoms. The smallest absolute Gasteiger partial charge is 0.311 e. The molecule has 0 unspecified atom stereocenters. The molecule has 2 heterocycles. The van der Waals surface area contributed by atoms with Crippen molar-refractivity contribution in [3.8, 4) is 17.0 Å². The zero-order valence-corrected chi connectivity index (χ0v) is 12.4. The number of rotatable bonds is 4. The maximum atomic E-state index is 11.2. The first-order valence-electron chi connectivity index (χ1n) is 6.64. The minimum Gasteiger partial charge on any atom is -0.487 e. The van der Waals surface area contributed by atoms with Gasteiger partial charge in [0.15, 0.2) is 5.75 Å². The van der Waals surface area contributed by atoms with Crippen molar-refractivity contribution in [2.24, 2.45) is 0 Å². The molecule has 0 fully saturated rings. The van der Waals surface area contributed by atoms with E-state index in [1.165, 1.54) is 6.07 Å². The van der Waals surface area contributed by atoms with Crippen molar-refractivity contribution in [3.63, 3.8) is 0 Å². The van der Waals surface area contributed by atoms with Gasteiger partial charge in [-0.2, -0.15) is 0 Å². The molecule has 0 aliphatic carbocycles. The molecule has 22 heavy (non-hydrogen) atoms. The molecule has 112 valence electrons. The van der Waals surface area contributed by atoms with Crippen LogP contribution in [0.5, 0.6) is 5.75 Å². The first-order chi connectivity index (χ1) is 10.6. The van der Waals surface area contributed by atoms with Gasteiger partial charge < -0.3 is 9.14 Å². The molecule has 0 aliphatic rings. The zero-order valence-electron chi connectivity index (χ0n) is 11.7. The van der Waals surface area contributed by atoms with E-state index >= 15 is 0 Å². The van der Waals surface area contributed by atoms with E-state index in [9.17, 15) is 10.1 Å². The summed E-state index contributed by atoms with van der Waals surface area (Å²) in [5.74, 6) is 0.253. The number of halogens is 1. The van der Waals surface area contributed by atoms with E-state index in [0.717, 1.165) is 5.65 Å². The van der Waals surface area contributed by atoms with Crippen molar-refractivity contribution in [2.75, 3.05) is 6.61 Å². The van der Waals surface area contributed by atoms with Crippen LogP contribution in [0, 0.1) is 10.1 Å². The van der Waals surface area contributed by atoms with Crippen molar-refractivity contribution in [2.45, 2.75) is 6.92 Å². The lowest BCUT2D eigenvalue weighted by Crippen LogP contribution is -1.97. The van der Waals surface area contributed by atoms with Gasteiger partial charge in [-0.25, -0.2) is 4.98 Å². The van der Waals surface area contributed by atoms with Crippen LogP contribution >= 0.6 is 11.6 Å². The number of hydrogen-bond acceptors (Lipinski definition) is 4. The average molecular weight is 318 g/mol. The molecule has 3 rings (SSSR count). The molecular weight excluding hydrogens is 306 g/mol. The van der Waals surface area contributed by atoms with Gasteiger partial charge in [-0.15, -0.1) is 0 Å². The summed E-state index contributed by atoms with van der Waals surface area (Å²) in [6, 6.07) is 8.34. The normalized spacial score (nSPS) is 10.8. The number of ether oxygens (including phenoxy) is 1. The lowest BCUT2D eigenvalue weighted by molar-refractivity contribution is -0.385.